The molecule has 1 atom stereocenters. The third kappa shape index (κ3) is 3.85. The predicted octanol–water partition coefficient (Wildman–Crippen LogP) is 2.28. The van der Waals surface area contributed by atoms with Crippen molar-refractivity contribution in [2.45, 2.75) is 10.9 Å². The summed E-state index contributed by atoms with van der Waals surface area (Å²) in [5.74, 6) is 0.732. The van der Waals surface area contributed by atoms with Gasteiger partial charge in [-0.05, 0) is 43.9 Å². The average molecular weight is 393 g/mol. The molecule has 1 N–H and O–H groups in total. The van der Waals surface area contributed by atoms with Crippen molar-refractivity contribution in [3.63, 3.8) is 0 Å². The van der Waals surface area contributed by atoms with Gasteiger partial charge in [-0.3, -0.25) is 0 Å². The van der Waals surface area contributed by atoms with Crippen LogP contribution in [0.5, 0.6) is 5.75 Å². The predicted molar refractivity (Wildman–Crippen MR) is 102 cm³/mol. The van der Waals surface area contributed by atoms with E-state index in [1.807, 2.05) is 43.3 Å². The van der Waals surface area contributed by atoms with Crippen molar-refractivity contribution in [2.75, 3.05) is 27.7 Å². The molecule has 1 heterocycles. The quantitative estimate of drug-likeness (QED) is 0.664. The Morgan fingerprint density at radius 3 is 2.69 bits per heavy atom. The first kappa shape index (κ1) is 18.7. The van der Waals surface area contributed by atoms with Gasteiger partial charge in [0.15, 0.2) is 0 Å². The molecule has 0 aliphatic rings. The lowest BCUT2D eigenvalue weighted by atomic mass is 10.1. The van der Waals surface area contributed by atoms with Gasteiger partial charge >= 0.3 is 0 Å². The molecule has 138 valence electrons. The number of hydrogen-bond donors (Lipinski definition) is 1. The van der Waals surface area contributed by atoms with Gasteiger partial charge < -0.3 is 9.64 Å². The van der Waals surface area contributed by atoms with Crippen LogP contribution in [0.4, 0.5) is 0 Å². The van der Waals surface area contributed by atoms with E-state index in [0.29, 0.717) is 11.0 Å². The minimum atomic E-state index is -3.71. The van der Waals surface area contributed by atoms with Crippen LogP contribution in [0.15, 0.2) is 47.4 Å². The Balaban J connectivity index is 1.85. The Hall–Kier alpha value is -2.07. The molecule has 0 saturated carbocycles. The summed E-state index contributed by atoms with van der Waals surface area (Å²) in [5, 5.41) is 0. The number of fused-ring (bicyclic) bond motifs is 1. The Kier molecular flexibility index (Phi) is 5.52. The van der Waals surface area contributed by atoms with E-state index in [1.54, 1.807) is 25.3 Å². The van der Waals surface area contributed by atoms with E-state index in [1.165, 1.54) is 0 Å². The minimum absolute atomic E-state index is 0.145. The number of ether oxygens (including phenoxy) is 1. The summed E-state index contributed by atoms with van der Waals surface area (Å²) in [6, 6.07) is 12.4. The largest absolute Gasteiger partial charge is 0.497 e. The van der Waals surface area contributed by atoms with E-state index in [-0.39, 0.29) is 17.5 Å². The molecule has 0 aliphatic carbocycles. The smallest absolute Gasteiger partial charge is 0.242 e. The van der Waals surface area contributed by atoms with Crippen LogP contribution < -0.4 is 9.46 Å². The van der Waals surface area contributed by atoms with Gasteiger partial charge in [0, 0.05) is 12.6 Å². The second-order valence-corrected chi connectivity index (χ2v) is 8.26. The normalized spacial score (nSPS) is 13.2. The molecule has 0 aliphatic heterocycles. The summed E-state index contributed by atoms with van der Waals surface area (Å²) < 4.78 is 41.8. The topological polar surface area (TPSA) is 84.4 Å². The van der Waals surface area contributed by atoms with Gasteiger partial charge in [-0.1, -0.05) is 18.2 Å². The van der Waals surface area contributed by atoms with Crippen LogP contribution in [-0.2, 0) is 10.0 Å². The zero-order valence-corrected chi connectivity index (χ0v) is 16.3. The van der Waals surface area contributed by atoms with Crippen molar-refractivity contribution in [1.29, 1.82) is 0 Å². The Labute approximate surface area is 157 Å². The maximum absolute atomic E-state index is 12.8. The van der Waals surface area contributed by atoms with Crippen LogP contribution in [0, 0.1) is 0 Å². The van der Waals surface area contributed by atoms with Crippen molar-refractivity contribution in [3.8, 4) is 5.75 Å². The lowest BCUT2D eigenvalue weighted by Crippen LogP contribution is -2.34. The van der Waals surface area contributed by atoms with Crippen molar-refractivity contribution in [2.24, 2.45) is 0 Å². The van der Waals surface area contributed by atoms with E-state index in [4.69, 9.17) is 4.74 Å². The van der Waals surface area contributed by atoms with Crippen molar-refractivity contribution in [3.05, 3.63) is 48.0 Å². The molecule has 1 aromatic heterocycles. The van der Waals surface area contributed by atoms with Crippen LogP contribution in [0.3, 0.4) is 0 Å². The van der Waals surface area contributed by atoms with Gasteiger partial charge in [-0.2, -0.15) is 8.75 Å². The fraction of sp³-hybridized carbons (Fsp3) is 0.294. The van der Waals surface area contributed by atoms with Gasteiger partial charge in [0.2, 0.25) is 10.0 Å². The molecule has 0 spiro atoms. The number of methoxy groups -OCH3 is 1. The van der Waals surface area contributed by atoms with Crippen molar-refractivity contribution < 1.29 is 13.2 Å². The molecular weight excluding hydrogens is 372 g/mol. The highest BCUT2D eigenvalue weighted by Crippen LogP contribution is 2.24. The van der Waals surface area contributed by atoms with E-state index in [9.17, 15) is 8.42 Å². The van der Waals surface area contributed by atoms with Crippen LogP contribution in [-0.4, -0.2) is 49.8 Å². The number of rotatable bonds is 7. The number of nitrogens with one attached hydrogen (secondary N) is 1. The number of sulfonamides is 1. The van der Waals surface area contributed by atoms with Gasteiger partial charge in [-0.15, -0.1) is 0 Å². The zero-order valence-electron chi connectivity index (χ0n) is 14.7. The number of aromatic nitrogens is 2. The maximum Gasteiger partial charge on any atom is 0.242 e. The molecule has 0 bridgehead atoms. The standard InChI is InChI=1S/C17H20N4O3S2/c1-21(2)15(12-6-4-7-13(10-12)24-3)11-18-26(22,23)16-9-5-8-14-17(16)20-25-19-14/h4-10,15,18H,11H2,1-3H3/t15-/m0/s1. The highest BCUT2D eigenvalue weighted by Gasteiger charge is 2.23. The average Bonchev–Trinajstić information content (AvgIpc) is 3.10. The van der Waals surface area contributed by atoms with E-state index >= 15 is 0 Å². The second-order valence-electron chi connectivity index (χ2n) is 6.00. The monoisotopic (exact) mass is 392 g/mol. The third-order valence-corrected chi connectivity index (χ3v) is 6.10. The summed E-state index contributed by atoms with van der Waals surface area (Å²) in [5.41, 5.74) is 1.94. The van der Waals surface area contributed by atoms with E-state index in [0.717, 1.165) is 23.0 Å². The first-order valence-electron chi connectivity index (χ1n) is 7.93. The molecule has 0 unspecified atom stereocenters. The fourth-order valence-electron chi connectivity index (χ4n) is 2.71. The highest BCUT2D eigenvalue weighted by atomic mass is 32.2. The Morgan fingerprint density at radius 1 is 1.19 bits per heavy atom. The molecule has 0 saturated heterocycles. The van der Waals surface area contributed by atoms with Gasteiger partial charge in [-0.25, -0.2) is 13.1 Å². The molecule has 3 rings (SSSR count). The molecular formula is C17H20N4O3S2. The number of nitrogens with zero attached hydrogens (tertiary/aromatic N) is 3. The summed E-state index contributed by atoms with van der Waals surface area (Å²) in [6.07, 6.45) is 0. The lowest BCUT2D eigenvalue weighted by Gasteiger charge is -2.25. The molecule has 0 radical (unpaired) electrons. The number of likely N-dealkylation sites (N-methyl/N-ethyl adjacent to an activating group) is 1. The first-order valence-corrected chi connectivity index (χ1v) is 10.1. The summed E-state index contributed by atoms with van der Waals surface area (Å²) in [7, 11) is 1.71. The lowest BCUT2D eigenvalue weighted by molar-refractivity contribution is 0.298. The van der Waals surface area contributed by atoms with Crippen LogP contribution in [0.2, 0.25) is 0 Å². The van der Waals surface area contributed by atoms with Crippen molar-refractivity contribution >= 4 is 32.8 Å². The van der Waals surface area contributed by atoms with Gasteiger partial charge in [0.05, 0.1) is 18.8 Å². The maximum atomic E-state index is 12.8. The summed E-state index contributed by atoms with van der Waals surface area (Å²) >= 11 is 0.999. The second kappa shape index (κ2) is 7.67. The minimum Gasteiger partial charge on any atom is -0.497 e. The summed E-state index contributed by atoms with van der Waals surface area (Å²) in [6.45, 7) is 0.219. The number of hydrogen-bond acceptors (Lipinski definition) is 7. The first-order chi connectivity index (χ1) is 12.4. The Morgan fingerprint density at radius 2 is 1.96 bits per heavy atom. The Bertz CT molecular complexity index is 1000. The zero-order chi connectivity index (χ0) is 18.7. The fourth-order valence-corrected chi connectivity index (χ4v) is 4.51. The SMILES string of the molecule is COc1cccc([C@H](CNS(=O)(=O)c2cccc3nsnc23)N(C)C)c1. The van der Waals surface area contributed by atoms with Crippen LogP contribution in [0.1, 0.15) is 11.6 Å². The van der Waals surface area contributed by atoms with Crippen LogP contribution in [0.25, 0.3) is 11.0 Å². The molecule has 9 heteroatoms. The molecule has 26 heavy (non-hydrogen) atoms. The number of benzene rings is 2. The summed E-state index contributed by atoms with van der Waals surface area (Å²) in [4.78, 5) is 2.11. The van der Waals surface area contributed by atoms with Crippen molar-refractivity contribution in [1.82, 2.24) is 18.4 Å². The van der Waals surface area contributed by atoms with Gasteiger partial charge in [0.25, 0.3) is 0 Å². The molecule has 0 fully saturated rings. The molecule has 3 aromatic rings. The van der Waals surface area contributed by atoms with E-state index < -0.39 is 10.0 Å². The highest BCUT2D eigenvalue weighted by molar-refractivity contribution is 7.89. The molecule has 2 aromatic carbocycles. The van der Waals surface area contributed by atoms with E-state index in [2.05, 4.69) is 13.5 Å². The van der Waals surface area contributed by atoms with Crippen LogP contribution >= 0.6 is 11.7 Å². The third-order valence-electron chi connectivity index (χ3n) is 4.11. The van der Waals surface area contributed by atoms with Gasteiger partial charge in [0.1, 0.15) is 21.7 Å². The molecule has 7 nitrogen and oxygen atoms in total. The molecule has 0 amide bonds.